The number of imide groups is 2. The highest BCUT2D eigenvalue weighted by atomic mass is 16.4. The van der Waals surface area contributed by atoms with Crippen molar-refractivity contribution in [1.82, 2.24) is 14.7 Å². The fourth-order valence-electron chi connectivity index (χ4n) is 2.92. The minimum absolute atomic E-state index is 0.0123. The largest absolute Gasteiger partial charge is 0.481 e. The lowest BCUT2D eigenvalue weighted by atomic mass is 10.2. The number of hydrogen-bond donors (Lipinski definition) is 1. The fourth-order valence-corrected chi connectivity index (χ4v) is 2.92. The Morgan fingerprint density at radius 3 is 1.50 bits per heavy atom. The Morgan fingerprint density at radius 1 is 0.769 bits per heavy atom. The fraction of sp³-hybridized carbons (Fsp3) is 0.625. The molecule has 5 amide bonds. The normalized spacial score (nSPS) is 17.4. The molecule has 0 bridgehead atoms. The number of aliphatic carboxylic acids is 1. The lowest BCUT2D eigenvalue weighted by Gasteiger charge is -2.26. The van der Waals surface area contributed by atoms with Crippen molar-refractivity contribution in [1.29, 1.82) is 0 Å². The van der Waals surface area contributed by atoms with E-state index < -0.39 is 11.9 Å². The van der Waals surface area contributed by atoms with Gasteiger partial charge in [-0.25, -0.2) is 0 Å². The van der Waals surface area contributed by atoms with Crippen molar-refractivity contribution in [2.45, 2.75) is 38.5 Å². The molecule has 2 rings (SSSR count). The molecule has 0 aliphatic carbocycles. The highest BCUT2D eigenvalue weighted by Gasteiger charge is 2.31. The molecule has 0 unspecified atom stereocenters. The van der Waals surface area contributed by atoms with Crippen LogP contribution in [0.5, 0.6) is 0 Å². The average Bonchev–Trinajstić information content (AvgIpc) is 3.08. The maximum atomic E-state index is 12.3. The van der Waals surface area contributed by atoms with Gasteiger partial charge in [-0.2, -0.15) is 0 Å². The summed E-state index contributed by atoms with van der Waals surface area (Å²) < 4.78 is 0. The first-order valence-corrected chi connectivity index (χ1v) is 8.45. The summed E-state index contributed by atoms with van der Waals surface area (Å²) in [5.74, 6) is -2.81. The maximum Gasteiger partial charge on any atom is 0.303 e. The van der Waals surface area contributed by atoms with E-state index in [9.17, 15) is 28.8 Å². The second-order valence-corrected chi connectivity index (χ2v) is 6.15. The first kappa shape index (κ1) is 19.5. The Labute approximate surface area is 149 Å². The van der Waals surface area contributed by atoms with Gasteiger partial charge in [0.05, 0.1) is 6.42 Å². The first-order chi connectivity index (χ1) is 12.3. The van der Waals surface area contributed by atoms with Gasteiger partial charge in [0.15, 0.2) is 0 Å². The van der Waals surface area contributed by atoms with Crippen LogP contribution in [0.4, 0.5) is 0 Å². The Balaban J connectivity index is 1.96. The van der Waals surface area contributed by atoms with Crippen LogP contribution in [-0.2, 0) is 28.8 Å². The van der Waals surface area contributed by atoms with Gasteiger partial charge in [0.1, 0.15) is 0 Å². The molecular formula is C16H21N3O7. The molecule has 0 aromatic rings. The van der Waals surface area contributed by atoms with Gasteiger partial charge in [-0.3, -0.25) is 38.6 Å². The molecule has 0 radical (unpaired) electrons. The summed E-state index contributed by atoms with van der Waals surface area (Å²) in [6.07, 6.45) is -0.0199. The van der Waals surface area contributed by atoms with E-state index in [1.54, 1.807) is 0 Å². The summed E-state index contributed by atoms with van der Waals surface area (Å²) in [5, 5.41) is 8.72. The topological polar surface area (TPSA) is 132 Å². The molecule has 26 heavy (non-hydrogen) atoms. The van der Waals surface area contributed by atoms with Crippen LogP contribution in [-0.4, -0.2) is 81.5 Å². The minimum atomic E-state index is -1.12. The molecule has 10 heteroatoms. The Morgan fingerprint density at radius 2 is 1.15 bits per heavy atom. The quantitative estimate of drug-likeness (QED) is 0.516. The van der Waals surface area contributed by atoms with Gasteiger partial charge in [0, 0.05) is 58.3 Å². The van der Waals surface area contributed by atoms with Crippen molar-refractivity contribution in [3.63, 3.8) is 0 Å². The van der Waals surface area contributed by atoms with Crippen molar-refractivity contribution < 1.29 is 33.9 Å². The molecule has 0 aromatic carbocycles. The zero-order valence-electron chi connectivity index (χ0n) is 14.3. The molecule has 1 N–H and O–H groups in total. The molecule has 142 valence electrons. The van der Waals surface area contributed by atoms with Gasteiger partial charge >= 0.3 is 5.97 Å². The average molecular weight is 367 g/mol. The van der Waals surface area contributed by atoms with Gasteiger partial charge in [-0.05, 0) is 0 Å². The van der Waals surface area contributed by atoms with Crippen LogP contribution < -0.4 is 0 Å². The number of hydrogen-bond acceptors (Lipinski definition) is 6. The van der Waals surface area contributed by atoms with Crippen LogP contribution in [0, 0.1) is 0 Å². The van der Waals surface area contributed by atoms with Crippen LogP contribution in [0.1, 0.15) is 38.5 Å². The number of amides is 5. The van der Waals surface area contributed by atoms with Crippen LogP contribution >= 0.6 is 0 Å². The molecule has 2 fully saturated rings. The molecular weight excluding hydrogens is 346 g/mol. The molecule has 10 nitrogen and oxygen atoms in total. The van der Waals surface area contributed by atoms with Crippen LogP contribution in [0.25, 0.3) is 0 Å². The van der Waals surface area contributed by atoms with Gasteiger partial charge in [-0.1, -0.05) is 0 Å². The molecule has 2 heterocycles. The molecule has 2 aliphatic rings. The first-order valence-electron chi connectivity index (χ1n) is 8.45. The van der Waals surface area contributed by atoms with E-state index >= 15 is 0 Å². The summed E-state index contributed by atoms with van der Waals surface area (Å²) in [6.45, 7) is 0.0923. The number of carbonyl (C=O) groups excluding carboxylic acids is 5. The molecule has 0 aromatic heterocycles. The van der Waals surface area contributed by atoms with Gasteiger partial charge in [0.25, 0.3) is 0 Å². The van der Waals surface area contributed by atoms with E-state index in [2.05, 4.69) is 0 Å². The van der Waals surface area contributed by atoms with Crippen molar-refractivity contribution in [2.75, 3.05) is 26.2 Å². The Hall–Kier alpha value is -2.78. The van der Waals surface area contributed by atoms with Crippen LogP contribution in [0.15, 0.2) is 0 Å². The predicted molar refractivity (Wildman–Crippen MR) is 85.4 cm³/mol. The highest BCUT2D eigenvalue weighted by Crippen LogP contribution is 2.13. The summed E-state index contributed by atoms with van der Waals surface area (Å²) in [5.41, 5.74) is 0. The summed E-state index contributed by atoms with van der Waals surface area (Å²) in [7, 11) is 0. The molecule has 0 spiro atoms. The third-order valence-electron chi connectivity index (χ3n) is 4.40. The number of nitrogens with zero attached hydrogens (tertiary/aromatic N) is 3. The maximum absolute atomic E-state index is 12.3. The van der Waals surface area contributed by atoms with Gasteiger partial charge in [0.2, 0.25) is 29.5 Å². The molecule has 0 saturated carbocycles. The SMILES string of the molecule is O=C(O)CCC(=O)N(CCN1C(=O)CCC1=O)CCN1C(=O)CCC1=O. The van der Waals surface area contributed by atoms with Crippen LogP contribution in [0.3, 0.4) is 0 Å². The molecule has 0 atom stereocenters. The smallest absolute Gasteiger partial charge is 0.303 e. The number of likely N-dealkylation sites (tertiary alicyclic amines) is 2. The second-order valence-electron chi connectivity index (χ2n) is 6.15. The Bertz CT molecular complexity index is 574. The summed E-state index contributed by atoms with van der Waals surface area (Å²) >= 11 is 0. The zero-order chi connectivity index (χ0) is 19.3. The number of rotatable bonds is 9. The van der Waals surface area contributed by atoms with Gasteiger partial charge in [-0.15, -0.1) is 0 Å². The minimum Gasteiger partial charge on any atom is -0.481 e. The van der Waals surface area contributed by atoms with E-state index in [1.807, 2.05) is 0 Å². The summed E-state index contributed by atoms with van der Waals surface area (Å²) in [6, 6.07) is 0. The van der Waals surface area contributed by atoms with E-state index in [-0.39, 0.29) is 88.3 Å². The summed E-state index contributed by atoms with van der Waals surface area (Å²) in [4.78, 5) is 73.0. The van der Waals surface area contributed by atoms with Crippen molar-refractivity contribution in [3.05, 3.63) is 0 Å². The molecule has 2 aliphatic heterocycles. The van der Waals surface area contributed by atoms with E-state index in [1.165, 1.54) is 4.90 Å². The third kappa shape index (κ3) is 4.87. The number of carbonyl (C=O) groups is 6. The van der Waals surface area contributed by atoms with E-state index in [0.29, 0.717) is 0 Å². The predicted octanol–water partition coefficient (Wildman–Crippen LogP) is -1.02. The van der Waals surface area contributed by atoms with Crippen molar-refractivity contribution >= 4 is 35.5 Å². The lowest BCUT2D eigenvalue weighted by Crippen LogP contribution is -2.44. The van der Waals surface area contributed by atoms with Crippen molar-refractivity contribution in [3.8, 4) is 0 Å². The standard InChI is InChI=1S/C16H21N3O7/c20-11(5-6-16(25)26)17(7-9-18-12(21)1-2-13(18)22)8-10-19-14(23)3-4-15(19)24/h1-10H2,(H,25,26). The lowest BCUT2D eigenvalue weighted by molar-refractivity contribution is -0.142. The number of carboxylic acid groups (broad SMARTS) is 1. The molecule has 2 saturated heterocycles. The third-order valence-corrected chi connectivity index (χ3v) is 4.40. The van der Waals surface area contributed by atoms with Crippen LogP contribution in [0.2, 0.25) is 0 Å². The highest BCUT2D eigenvalue weighted by molar-refractivity contribution is 6.02. The zero-order valence-corrected chi connectivity index (χ0v) is 14.3. The van der Waals surface area contributed by atoms with Gasteiger partial charge < -0.3 is 10.0 Å². The van der Waals surface area contributed by atoms with Crippen molar-refractivity contribution in [2.24, 2.45) is 0 Å². The second kappa shape index (κ2) is 8.54. The Kier molecular flexibility index (Phi) is 6.42. The monoisotopic (exact) mass is 367 g/mol. The van der Waals surface area contributed by atoms with E-state index in [0.717, 1.165) is 9.80 Å². The van der Waals surface area contributed by atoms with E-state index in [4.69, 9.17) is 5.11 Å². The number of carboxylic acids is 1.